The molecule has 1 aliphatic heterocycles. The van der Waals surface area contributed by atoms with Gasteiger partial charge in [0.25, 0.3) is 0 Å². The van der Waals surface area contributed by atoms with Crippen LogP contribution in [0.3, 0.4) is 0 Å². The fraction of sp³-hybridized carbons (Fsp3) is 0.250. The summed E-state index contributed by atoms with van der Waals surface area (Å²) in [5.41, 5.74) is 1.23. The van der Waals surface area contributed by atoms with Gasteiger partial charge in [0.2, 0.25) is 11.8 Å². The van der Waals surface area contributed by atoms with Gasteiger partial charge in [0.15, 0.2) is 5.82 Å². The van der Waals surface area contributed by atoms with Crippen molar-refractivity contribution in [3.63, 3.8) is 0 Å². The molecular weight excluding hydrogens is 248 g/mol. The average molecular weight is 260 g/mol. The van der Waals surface area contributed by atoms with Gasteiger partial charge in [0.05, 0.1) is 25.4 Å². The van der Waals surface area contributed by atoms with Gasteiger partial charge in [-0.2, -0.15) is 0 Å². The number of nitrogens with one attached hydrogen (secondary N) is 1. The topological polar surface area (TPSA) is 86.9 Å². The molecule has 3 heterocycles. The molecule has 2 aromatic rings. The molecule has 1 aliphatic rings. The predicted molar refractivity (Wildman–Crippen MR) is 66.5 cm³/mol. The van der Waals surface area contributed by atoms with Crippen LogP contribution in [0.25, 0.3) is 5.65 Å². The molecule has 98 valence electrons. The summed E-state index contributed by atoms with van der Waals surface area (Å²) in [6.07, 6.45) is 1.78. The van der Waals surface area contributed by atoms with E-state index in [1.807, 2.05) is 12.1 Å². The Kier molecular flexibility index (Phi) is 2.68. The molecule has 0 radical (unpaired) electrons. The third-order valence-corrected chi connectivity index (χ3v) is 3.00. The lowest BCUT2D eigenvalue weighted by molar-refractivity contribution is -0.130. The summed E-state index contributed by atoms with van der Waals surface area (Å²) in [6, 6.07) is 5.46. The number of piperazine rings is 1. The SMILES string of the molecule is O=C1CN(c2nc3ccccn3c2CO)CC(=O)N1. The largest absolute Gasteiger partial charge is 0.390 e. The Morgan fingerprint density at radius 2 is 2.00 bits per heavy atom. The Morgan fingerprint density at radius 1 is 1.26 bits per heavy atom. The standard InChI is InChI=1S/C12H12N4O3/c17-7-8-12(13-9-3-1-2-4-16(8)9)15-5-10(18)14-11(19)6-15/h1-4,17H,5-7H2,(H,14,18,19). The van der Waals surface area contributed by atoms with Gasteiger partial charge in [-0.25, -0.2) is 4.98 Å². The summed E-state index contributed by atoms with van der Waals surface area (Å²) in [6.45, 7) is -0.0991. The molecule has 1 saturated heterocycles. The van der Waals surface area contributed by atoms with Gasteiger partial charge in [0, 0.05) is 6.20 Å². The third kappa shape index (κ3) is 1.93. The van der Waals surface area contributed by atoms with E-state index in [0.717, 1.165) is 0 Å². The van der Waals surface area contributed by atoms with E-state index in [1.165, 1.54) is 0 Å². The first-order valence-electron chi connectivity index (χ1n) is 5.83. The molecule has 2 aromatic heterocycles. The van der Waals surface area contributed by atoms with Crippen LogP contribution in [0.2, 0.25) is 0 Å². The number of anilines is 1. The molecule has 19 heavy (non-hydrogen) atoms. The Morgan fingerprint density at radius 3 is 2.68 bits per heavy atom. The Labute approximate surface area is 108 Å². The van der Waals surface area contributed by atoms with Crippen LogP contribution in [0.1, 0.15) is 5.69 Å². The molecule has 0 atom stereocenters. The number of amides is 2. The highest BCUT2D eigenvalue weighted by atomic mass is 16.3. The van der Waals surface area contributed by atoms with E-state index in [9.17, 15) is 14.7 Å². The first kappa shape index (κ1) is 11.7. The molecule has 0 saturated carbocycles. The maximum Gasteiger partial charge on any atom is 0.246 e. The van der Waals surface area contributed by atoms with Crippen molar-refractivity contribution in [1.29, 1.82) is 0 Å². The molecule has 7 heteroatoms. The van der Waals surface area contributed by atoms with Gasteiger partial charge in [-0.3, -0.25) is 19.3 Å². The van der Waals surface area contributed by atoms with Gasteiger partial charge >= 0.3 is 0 Å². The maximum absolute atomic E-state index is 11.4. The number of aliphatic hydroxyl groups excluding tert-OH is 1. The van der Waals surface area contributed by atoms with Gasteiger partial charge in [0.1, 0.15) is 5.65 Å². The first-order chi connectivity index (χ1) is 9.19. The normalized spacial score (nSPS) is 15.9. The maximum atomic E-state index is 11.4. The summed E-state index contributed by atoms with van der Waals surface area (Å²) in [5.74, 6) is -0.258. The minimum Gasteiger partial charge on any atom is -0.390 e. The Balaban J connectivity index is 2.09. The number of rotatable bonds is 2. The number of aromatic nitrogens is 2. The van der Waals surface area contributed by atoms with Crippen molar-refractivity contribution < 1.29 is 14.7 Å². The van der Waals surface area contributed by atoms with Gasteiger partial charge in [-0.05, 0) is 12.1 Å². The molecular formula is C12H12N4O3. The van der Waals surface area contributed by atoms with E-state index in [1.54, 1.807) is 21.6 Å². The number of aliphatic hydroxyl groups is 1. The van der Waals surface area contributed by atoms with Crippen LogP contribution in [0.4, 0.5) is 5.82 Å². The molecule has 0 unspecified atom stereocenters. The van der Waals surface area contributed by atoms with Crippen LogP contribution in [0.5, 0.6) is 0 Å². The van der Waals surface area contributed by atoms with E-state index >= 15 is 0 Å². The quantitative estimate of drug-likeness (QED) is 0.696. The van der Waals surface area contributed by atoms with Crippen LogP contribution in [0, 0.1) is 0 Å². The number of carbonyl (C=O) groups excluding carboxylic acids is 2. The fourth-order valence-corrected chi connectivity index (χ4v) is 2.22. The fourth-order valence-electron chi connectivity index (χ4n) is 2.22. The third-order valence-electron chi connectivity index (χ3n) is 3.00. The Hall–Kier alpha value is -2.41. The number of nitrogens with zero attached hydrogens (tertiary/aromatic N) is 3. The number of imide groups is 1. The van der Waals surface area contributed by atoms with Crippen LogP contribution >= 0.6 is 0 Å². The van der Waals surface area contributed by atoms with E-state index in [4.69, 9.17) is 0 Å². The summed E-state index contributed by atoms with van der Waals surface area (Å²) < 4.78 is 1.74. The molecule has 1 fully saturated rings. The highest BCUT2D eigenvalue weighted by Gasteiger charge is 2.26. The summed E-state index contributed by atoms with van der Waals surface area (Å²) >= 11 is 0. The monoisotopic (exact) mass is 260 g/mol. The molecule has 0 aliphatic carbocycles. The zero-order chi connectivity index (χ0) is 13.4. The number of fused-ring (bicyclic) bond motifs is 1. The van der Waals surface area contributed by atoms with Crippen molar-refractivity contribution in [2.45, 2.75) is 6.61 Å². The second kappa shape index (κ2) is 4.36. The highest BCUT2D eigenvalue weighted by Crippen LogP contribution is 2.22. The number of pyridine rings is 1. The average Bonchev–Trinajstić information content (AvgIpc) is 2.76. The molecule has 3 rings (SSSR count). The van der Waals surface area contributed by atoms with Gasteiger partial charge in [-0.15, -0.1) is 0 Å². The van der Waals surface area contributed by atoms with Gasteiger partial charge < -0.3 is 10.0 Å². The summed E-state index contributed by atoms with van der Waals surface area (Å²) in [5, 5.41) is 11.7. The second-order valence-electron chi connectivity index (χ2n) is 4.30. The summed E-state index contributed by atoms with van der Waals surface area (Å²) in [7, 11) is 0. The molecule has 0 bridgehead atoms. The lowest BCUT2D eigenvalue weighted by Gasteiger charge is -2.26. The smallest absolute Gasteiger partial charge is 0.246 e. The number of imidazole rings is 1. The van der Waals surface area contributed by atoms with Gasteiger partial charge in [-0.1, -0.05) is 6.07 Å². The molecule has 2 N–H and O–H groups in total. The van der Waals surface area contributed by atoms with Crippen LogP contribution in [0.15, 0.2) is 24.4 Å². The van der Waals surface area contributed by atoms with Crippen molar-refractivity contribution in [2.75, 3.05) is 18.0 Å². The van der Waals surface area contributed by atoms with Crippen molar-refractivity contribution in [2.24, 2.45) is 0 Å². The lowest BCUT2D eigenvalue weighted by atomic mass is 10.3. The number of carbonyl (C=O) groups is 2. The first-order valence-corrected chi connectivity index (χ1v) is 5.83. The molecule has 0 spiro atoms. The van der Waals surface area contributed by atoms with Crippen molar-refractivity contribution in [3.05, 3.63) is 30.1 Å². The van der Waals surface area contributed by atoms with E-state index in [-0.39, 0.29) is 31.5 Å². The van der Waals surface area contributed by atoms with Crippen LogP contribution in [-0.2, 0) is 16.2 Å². The molecule has 7 nitrogen and oxygen atoms in total. The predicted octanol–water partition coefficient (Wildman–Crippen LogP) is -0.711. The number of hydrogen-bond donors (Lipinski definition) is 2. The second-order valence-corrected chi connectivity index (χ2v) is 4.30. The zero-order valence-electron chi connectivity index (χ0n) is 10.0. The molecule has 2 amide bonds. The zero-order valence-corrected chi connectivity index (χ0v) is 10.0. The van der Waals surface area contributed by atoms with Crippen molar-refractivity contribution in [1.82, 2.24) is 14.7 Å². The van der Waals surface area contributed by atoms with E-state index in [2.05, 4.69) is 10.3 Å². The highest BCUT2D eigenvalue weighted by molar-refractivity contribution is 6.02. The van der Waals surface area contributed by atoms with Crippen LogP contribution < -0.4 is 10.2 Å². The lowest BCUT2D eigenvalue weighted by Crippen LogP contribution is -2.51. The van der Waals surface area contributed by atoms with Crippen molar-refractivity contribution in [3.8, 4) is 0 Å². The number of hydrogen-bond acceptors (Lipinski definition) is 5. The van der Waals surface area contributed by atoms with E-state index in [0.29, 0.717) is 17.2 Å². The van der Waals surface area contributed by atoms with Crippen LogP contribution in [-0.4, -0.2) is 39.4 Å². The van der Waals surface area contributed by atoms with E-state index < -0.39 is 0 Å². The molecule has 0 aromatic carbocycles. The minimum absolute atomic E-state index is 0.0582. The van der Waals surface area contributed by atoms with Crippen molar-refractivity contribution >= 4 is 23.3 Å². The minimum atomic E-state index is -0.364. The Bertz CT molecular complexity index is 648. The summed E-state index contributed by atoms with van der Waals surface area (Å²) in [4.78, 5) is 28.7.